The summed E-state index contributed by atoms with van der Waals surface area (Å²) >= 11 is 1.08. The molecule has 0 aliphatic rings. The molecule has 0 aliphatic heterocycles. The molecule has 0 aliphatic carbocycles. The predicted molar refractivity (Wildman–Crippen MR) is 81.5 cm³/mol. The Kier molecular flexibility index (Phi) is 4.64. The molecule has 21 heavy (non-hydrogen) atoms. The third kappa shape index (κ3) is 3.63. The van der Waals surface area contributed by atoms with Gasteiger partial charge in [-0.05, 0) is 6.92 Å². The summed E-state index contributed by atoms with van der Waals surface area (Å²) in [6.45, 7) is 1.77. The highest BCUT2D eigenvalue weighted by Crippen LogP contribution is 2.25. The molecule has 1 heterocycles. The van der Waals surface area contributed by atoms with Crippen LogP contribution in [0.5, 0.6) is 11.5 Å². The number of thiazole rings is 1. The lowest BCUT2D eigenvalue weighted by atomic mass is 10.2. The predicted octanol–water partition coefficient (Wildman–Crippen LogP) is 1.87. The summed E-state index contributed by atoms with van der Waals surface area (Å²) in [5.74, 6) is 0.871. The van der Waals surface area contributed by atoms with Crippen LogP contribution in [0.4, 0.5) is 5.69 Å². The number of benzene rings is 1. The number of methoxy groups -OCH3 is 2. The van der Waals surface area contributed by atoms with Crippen LogP contribution >= 0.6 is 11.3 Å². The van der Waals surface area contributed by atoms with Gasteiger partial charge >= 0.3 is 4.87 Å². The molecule has 2 rings (SSSR count). The number of hydrogen-bond acceptors (Lipinski definition) is 5. The Bertz CT molecular complexity index is 683. The number of rotatable bonds is 5. The fraction of sp³-hybridized carbons (Fsp3) is 0.286. The van der Waals surface area contributed by atoms with E-state index >= 15 is 0 Å². The highest BCUT2D eigenvalue weighted by molar-refractivity contribution is 7.07. The smallest absolute Gasteiger partial charge is 0.307 e. The van der Waals surface area contributed by atoms with Gasteiger partial charge in [0, 0.05) is 35.0 Å². The molecule has 6 nitrogen and oxygen atoms in total. The molecule has 2 aromatic rings. The van der Waals surface area contributed by atoms with Crippen LogP contribution < -0.4 is 19.7 Å². The number of aryl methyl sites for hydroxylation is 1. The van der Waals surface area contributed by atoms with Gasteiger partial charge in [-0.15, -0.1) is 0 Å². The van der Waals surface area contributed by atoms with Crippen molar-refractivity contribution in [3.05, 3.63) is 38.9 Å². The first-order chi connectivity index (χ1) is 10.0. The van der Waals surface area contributed by atoms with E-state index in [4.69, 9.17) is 9.47 Å². The summed E-state index contributed by atoms with van der Waals surface area (Å²) in [5, 5.41) is 4.46. The van der Waals surface area contributed by atoms with Gasteiger partial charge in [0.15, 0.2) is 0 Å². The average Bonchev–Trinajstić information content (AvgIpc) is 2.78. The molecule has 0 saturated heterocycles. The zero-order chi connectivity index (χ0) is 15.4. The largest absolute Gasteiger partial charge is 0.497 e. The molecule has 0 spiro atoms. The van der Waals surface area contributed by atoms with Crippen LogP contribution in [-0.2, 0) is 11.3 Å². The summed E-state index contributed by atoms with van der Waals surface area (Å²) < 4.78 is 11.7. The molecule has 0 bridgehead atoms. The summed E-state index contributed by atoms with van der Waals surface area (Å²) in [4.78, 5) is 23.5. The van der Waals surface area contributed by atoms with Crippen LogP contribution in [0.3, 0.4) is 0 Å². The van der Waals surface area contributed by atoms with Crippen molar-refractivity contribution in [2.45, 2.75) is 13.5 Å². The molecule has 1 aromatic heterocycles. The Balaban J connectivity index is 2.14. The van der Waals surface area contributed by atoms with E-state index in [2.05, 4.69) is 5.32 Å². The molecule has 1 N–H and O–H groups in total. The molecule has 0 saturated carbocycles. The van der Waals surface area contributed by atoms with Crippen molar-refractivity contribution in [2.24, 2.45) is 0 Å². The first-order valence-electron chi connectivity index (χ1n) is 6.21. The maximum absolute atomic E-state index is 12.0. The lowest BCUT2D eigenvalue weighted by Gasteiger charge is -2.10. The maximum atomic E-state index is 12.0. The van der Waals surface area contributed by atoms with Gasteiger partial charge in [0.2, 0.25) is 5.91 Å². The number of nitrogens with one attached hydrogen (secondary N) is 1. The number of hydrogen-bond donors (Lipinski definition) is 1. The second-order valence-electron chi connectivity index (χ2n) is 4.38. The first-order valence-corrected chi connectivity index (χ1v) is 7.09. The second kappa shape index (κ2) is 6.45. The molecule has 0 radical (unpaired) electrons. The summed E-state index contributed by atoms with van der Waals surface area (Å²) in [6, 6.07) is 5.08. The van der Waals surface area contributed by atoms with E-state index in [0.29, 0.717) is 17.2 Å². The second-order valence-corrected chi connectivity index (χ2v) is 5.20. The van der Waals surface area contributed by atoms with E-state index in [1.54, 1.807) is 30.5 Å². The van der Waals surface area contributed by atoms with Gasteiger partial charge in [0.25, 0.3) is 0 Å². The lowest BCUT2D eigenvalue weighted by molar-refractivity contribution is -0.116. The van der Waals surface area contributed by atoms with Crippen molar-refractivity contribution in [1.29, 1.82) is 0 Å². The van der Waals surface area contributed by atoms with Crippen molar-refractivity contribution in [2.75, 3.05) is 19.5 Å². The van der Waals surface area contributed by atoms with Crippen LogP contribution in [0.2, 0.25) is 0 Å². The van der Waals surface area contributed by atoms with E-state index < -0.39 is 0 Å². The molecule has 7 heteroatoms. The van der Waals surface area contributed by atoms with Gasteiger partial charge in [0.05, 0.1) is 14.2 Å². The van der Waals surface area contributed by atoms with Gasteiger partial charge in [0.1, 0.15) is 18.0 Å². The minimum Gasteiger partial charge on any atom is -0.497 e. The monoisotopic (exact) mass is 308 g/mol. The fourth-order valence-corrected chi connectivity index (χ4v) is 2.55. The molecule has 0 fully saturated rings. The van der Waals surface area contributed by atoms with E-state index in [1.165, 1.54) is 18.8 Å². The molecular formula is C14H16N2O4S. The van der Waals surface area contributed by atoms with E-state index in [0.717, 1.165) is 17.0 Å². The normalized spacial score (nSPS) is 10.2. The Morgan fingerprint density at radius 1 is 1.24 bits per heavy atom. The maximum Gasteiger partial charge on any atom is 0.307 e. The van der Waals surface area contributed by atoms with Crippen molar-refractivity contribution in [3.8, 4) is 11.5 Å². The van der Waals surface area contributed by atoms with Crippen molar-refractivity contribution in [1.82, 2.24) is 4.57 Å². The highest BCUT2D eigenvalue weighted by atomic mass is 32.1. The Labute approximate surface area is 125 Å². The number of aromatic nitrogens is 1. The van der Waals surface area contributed by atoms with Crippen molar-refractivity contribution in [3.63, 3.8) is 0 Å². The average molecular weight is 308 g/mol. The highest BCUT2D eigenvalue weighted by Gasteiger charge is 2.10. The topological polar surface area (TPSA) is 69.6 Å². The standard InChI is InChI=1S/C14H16N2O4S/c1-9-8-21-14(18)16(9)7-13(17)15-10-4-11(19-2)6-12(5-10)20-3/h4-6,8H,7H2,1-3H3,(H,15,17). The van der Waals surface area contributed by atoms with Crippen molar-refractivity contribution >= 4 is 22.9 Å². The lowest BCUT2D eigenvalue weighted by Crippen LogP contribution is -2.25. The van der Waals surface area contributed by atoms with Gasteiger partial charge in [-0.1, -0.05) is 11.3 Å². The van der Waals surface area contributed by atoms with Crippen molar-refractivity contribution < 1.29 is 14.3 Å². The number of nitrogens with zero attached hydrogens (tertiary/aromatic N) is 1. The van der Waals surface area contributed by atoms with Crippen LogP contribution in [-0.4, -0.2) is 24.7 Å². The third-order valence-corrected chi connectivity index (χ3v) is 3.79. The van der Waals surface area contributed by atoms with Gasteiger partial charge < -0.3 is 14.8 Å². The van der Waals surface area contributed by atoms with E-state index in [1.807, 2.05) is 0 Å². The summed E-state index contributed by atoms with van der Waals surface area (Å²) in [6.07, 6.45) is 0. The van der Waals surface area contributed by atoms with Gasteiger partial charge in [-0.3, -0.25) is 14.2 Å². The molecular weight excluding hydrogens is 292 g/mol. The number of carbonyl (C=O) groups is 1. The minimum atomic E-state index is -0.283. The zero-order valence-electron chi connectivity index (χ0n) is 12.0. The zero-order valence-corrected chi connectivity index (χ0v) is 12.8. The van der Waals surface area contributed by atoms with Gasteiger partial charge in [-0.25, -0.2) is 0 Å². The van der Waals surface area contributed by atoms with Gasteiger partial charge in [-0.2, -0.15) is 0 Å². The van der Waals surface area contributed by atoms with E-state index in [9.17, 15) is 9.59 Å². The first kappa shape index (κ1) is 15.1. The number of amides is 1. The summed E-state index contributed by atoms with van der Waals surface area (Å²) in [7, 11) is 3.07. The molecule has 0 atom stereocenters. The third-order valence-electron chi connectivity index (χ3n) is 2.91. The number of carbonyl (C=O) groups excluding carboxylic acids is 1. The quantitative estimate of drug-likeness (QED) is 0.915. The van der Waals surface area contributed by atoms with Crippen LogP contribution in [0.1, 0.15) is 5.69 Å². The molecule has 1 aromatic carbocycles. The van der Waals surface area contributed by atoms with E-state index in [-0.39, 0.29) is 17.3 Å². The molecule has 112 valence electrons. The SMILES string of the molecule is COc1cc(NC(=O)Cn2c(C)csc2=O)cc(OC)c1. The number of ether oxygens (including phenoxy) is 2. The fourth-order valence-electron chi connectivity index (χ4n) is 1.82. The minimum absolute atomic E-state index is 0.0201. The van der Waals surface area contributed by atoms with Crippen LogP contribution in [0, 0.1) is 6.92 Å². The molecule has 1 amide bonds. The Hall–Kier alpha value is -2.28. The summed E-state index contributed by atoms with van der Waals surface area (Å²) in [5.41, 5.74) is 1.32. The van der Waals surface area contributed by atoms with Crippen LogP contribution in [0.15, 0.2) is 28.4 Å². The Morgan fingerprint density at radius 3 is 2.33 bits per heavy atom. The Morgan fingerprint density at radius 2 is 1.86 bits per heavy atom. The van der Waals surface area contributed by atoms with Crippen LogP contribution in [0.25, 0.3) is 0 Å². The molecule has 0 unspecified atom stereocenters. The number of anilines is 1.